The third-order valence-electron chi connectivity index (χ3n) is 3.46. The van der Waals surface area contributed by atoms with Crippen molar-refractivity contribution in [1.82, 2.24) is 4.57 Å². The molecule has 7 heteroatoms. The van der Waals surface area contributed by atoms with Crippen molar-refractivity contribution in [1.29, 1.82) is 0 Å². The highest BCUT2D eigenvalue weighted by Crippen LogP contribution is 2.25. The molecule has 0 aliphatic rings. The van der Waals surface area contributed by atoms with Gasteiger partial charge in [-0.2, -0.15) is 0 Å². The van der Waals surface area contributed by atoms with Gasteiger partial charge in [0.1, 0.15) is 6.54 Å². The minimum Gasteiger partial charge on any atom is -0.338 e. The molecule has 4 nitrogen and oxygen atoms in total. The summed E-state index contributed by atoms with van der Waals surface area (Å²) in [7, 11) is 0. The molecule has 1 amide bonds. The Bertz CT molecular complexity index is 999. The second-order valence-electron chi connectivity index (χ2n) is 5.15. The zero-order valence-corrected chi connectivity index (χ0v) is 14.5. The summed E-state index contributed by atoms with van der Waals surface area (Å²) in [5, 5.41) is 4.45. The number of halogens is 3. The number of nitrogens with zero attached hydrogens (tertiary/aromatic N) is 1. The summed E-state index contributed by atoms with van der Waals surface area (Å²) >= 11 is 17.7. The molecule has 0 fully saturated rings. The molecular formula is C17H11Cl3N2O2. The number of fused-ring (bicyclic) bond motifs is 1. The summed E-state index contributed by atoms with van der Waals surface area (Å²) in [4.78, 5) is 24.2. The molecule has 0 aliphatic heterocycles. The first-order valence-electron chi connectivity index (χ1n) is 6.97. The highest BCUT2D eigenvalue weighted by molar-refractivity contribution is 6.42. The van der Waals surface area contributed by atoms with E-state index in [9.17, 15) is 9.59 Å². The predicted octanol–water partition coefficient (Wildman–Crippen LogP) is 4.60. The van der Waals surface area contributed by atoms with E-state index in [4.69, 9.17) is 34.8 Å². The summed E-state index contributed by atoms with van der Waals surface area (Å²) in [5.74, 6) is -0.256. The summed E-state index contributed by atoms with van der Waals surface area (Å²) in [6.07, 6.45) is 1.58. The van der Waals surface area contributed by atoms with E-state index in [0.717, 1.165) is 0 Å². The van der Waals surface area contributed by atoms with Gasteiger partial charge in [0.25, 0.3) is 0 Å². The van der Waals surface area contributed by atoms with Gasteiger partial charge in [-0.1, -0.05) is 34.8 Å². The largest absolute Gasteiger partial charge is 0.338 e. The number of anilines is 1. The number of rotatable bonds is 3. The Morgan fingerprint density at radius 2 is 1.79 bits per heavy atom. The minimum absolute atomic E-state index is 0.0403. The van der Waals surface area contributed by atoms with Crippen LogP contribution in [0.4, 0.5) is 5.69 Å². The van der Waals surface area contributed by atoms with Crippen LogP contribution in [-0.2, 0) is 11.3 Å². The molecule has 3 aromatic rings. The lowest BCUT2D eigenvalue weighted by atomic mass is 10.2. The highest BCUT2D eigenvalue weighted by atomic mass is 35.5. The van der Waals surface area contributed by atoms with Gasteiger partial charge in [-0.25, -0.2) is 0 Å². The Labute approximate surface area is 152 Å². The lowest BCUT2D eigenvalue weighted by molar-refractivity contribution is -0.116. The van der Waals surface area contributed by atoms with E-state index >= 15 is 0 Å². The summed E-state index contributed by atoms with van der Waals surface area (Å²) in [5.41, 5.74) is 1.03. The SMILES string of the molecule is O=C(Cn1ccc(=O)c2cc(Cl)ccc21)Nc1ccc(Cl)c(Cl)c1. The maximum Gasteiger partial charge on any atom is 0.244 e. The fraction of sp³-hybridized carbons (Fsp3) is 0.0588. The van der Waals surface area contributed by atoms with Gasteiger partial charge in [0.2, 0.25) is 5.91 Å². The predicted molar refractivity (Wildman–Crippen MR) is 98.3 cm³/mol. The molecule has 0 radical (unpaired) electrons. The number of hydrogen-bond donors (Lipinski definition) is 1. The molecule has 0 aliphatic carbocycles. The Kier molecular flexibility index (Phi) is 4.81. The molecule has 3 rings (SSSR count). The van der Waals surface area contributed by atoms with Crippen molar-refractivity contribution in [3.05, 3.63) is 74.0 Å². The zero-order chi connectivity index (χ0) is 17.3. The van der Waals surface area contributed by atoms with Crippen molar-refractivity contribution in [2.75, 3.05) is 5.32 Å². The Balaban J connectivity index is 1.87. The van der Waals surface area contributed by atoms with E-state index in [-0.39, 0.29) is 17.9 Å². The van der Waals surface area contributed by atoms with Crippen molar-refractivity contribution in [2.45, 2.75) is 6.54 Å². The van der Waals surface area contributed by atoms with Crippen LogP contribution in [0.15, 0.2) is 53.5 Å². The molecule has 0 spiro atoms. The van der Waals surface area contributed by atoms with E-state index in [1.165, 1.54) is 6.07 Å². The van der Waals surface area contributed by atoms with Gasteiger partial charge < -0.3 is 9.88 Å². The fourth-order valence-electron chi connectivity index (χ4n) is 2.35. The number of benzene rings is 2. The molecule has 0 bridgehead atoms. The van der Waals surface area contributed by atoms with Gasteiger partial charge in [-0.05, 0) is 36.4 Å². The molecule has 122 valence electrons. The number of nitrogens with one attached hydrogen (secondary N) is 1. The van der Waals surface area contributed by atoms with Gasteiger partial charge in [0.05, 0.1) is 15.6 Å². The normalized spacial score (nSPS) is 10.8. The van der Waals surface area contributed by atoms with Gasteiger partial charge in [-0.3, -0.25) is 9.59 Å². The minimum atomic E-state index is -0.256. The lowest BCUT2D eigenvalue weighted by Gasteiger charge is -2.11. The summed E-state index contributed by atoms with van der Waals surface area (Å²) < 4.78 is 1.68. The molecule has 1 heterocycles. The highest BCUT2D eigenvalue weighted by Gasteiger charge is 2.09. The molecule has 1 N–H and O–H groups in total. The summed E-state index contributed by atoms with van der Waals surface area (Å²) in [6.45, 7) is 0.0403. The van der Waals surface area contributed by atoms with Gasteiger partial charge in [0.15, 0.2) is 5.43 Å². The first kappa shape index (κ1) is 16.8. The van der Waals surface area contributed by atoms with Crippen molar-refractivity contribution in [2.24, 2.45) is 0 Å². The molecule has 0 atom stereocenters. The van der Waals surface area contributed by atoms with Gasteiger partial charge in [0, 0.05) is 28.4 Å². The number of hydrogen-bond acceptors (Lipinski definition) is 2. The monoisotopic (exact) mass is 380 g/mol. The van der Waals surface area contributed by atoms with Gasteiger partial charge >= 0.3 is 0 Å². The fourth-order valence-corrected chi connectivity index (χ4v) is 2.82. The van der Waals surface area contributed by atoms with Crippen LogP contribution in [0.2, 0.25) is 15.1 Å². The molecule has 1 aromatic heterocycles. The smallest absolute Gasteiger partial charge is 0.244 e. The second-order valence-corrected chi connectivity index (χ2v) is 6.40. The maximum absolute atomic E-state index is 12.3. The van der Waals surface area contributed by atoms with Crippen LogP contribution < -0.4 is 10.7 Å². The molecule has 2 aromatic carbocycles. The van der Waals surface area contributed by atoms with E-state index in [0.29, 0.717) is 31.7 Å². The molecule has 24 heavy (non-hydrogen) atoms. The maximum atomic E-state index is 12.3. The van der Waals surface area contributed by atoms with Crippen LogP contribution in [0.5, 0.6) is 0 Å². The Morgan fingerprint density at radius 3 is 2.54 bits per heavy atom. The standard InChI is InChI=1S/C17H11Cl3N2O2/c18-10-1-4-15-12(7-10)16(23)5-6-22(15)9-17(24)21-11-2-3-13(19)14(20)8-11/h1-8H,9H2,(H,21,24). The van der Waals surface area contributed by atoms with Crippen molar-refractivity contribution >= 4 is 57.3 Å². The molecule has 0 saturated carbocycles. The number of amides is 1. The van der Waals surface area contributed by atoms with Crippen molar-refractivity contribution in [3.8, 4) is 0 Å². The topological polar surface area (TPSA) is 51.1 Å². The average Bonchev–Trinajstić information content (AvgIpc) is 2.54. The number of pyridine rings is 1. The van der Waals surface area contributed by atoms with Crippen LogP contribution in [0.1, 0.15) is 0 Å². The molecule has 0 unspecified atom stereocenters. The molecular weight excluding hydrogens is 371 g/mol. The third-order valence-corrected chi connectivity index (χ3v) is 4.43. The average molecular weight is 382 g/mol. The number of carbonyl (C=O) groups excluding carboxylic acids is 1. The van der Waals surface area contributed by atoms with Crippen molar-refractivity contribution in [3.63, 3.8) is 0 Å². The zero-order valence-electron chi connectivity index (χ0n) is 12.2. The van der Waals surface area contributed by atoms with Crippen molar-refractivity contribution < 1.29 is 4.79 Å². The van der Waals surface area contributed by atoms with Gasteiger partial charge in [-0.15, -0.1) is 0 Å². The van der Waals surface area contributed by atoms with Crippen LogP contribution in [0.3, 0.4) is 0 Å². The lowest BCUT2D eigenvalue weighted by Crippen LogP contribution is -2.20. The summed E-state index contributed by atoms with van der Waals surface area (Å²) in [6, 6.07) is 11.2. The van der Waals surface area contributed by atoms with Crippen LogP contribution >= 0.6 is 34.8 Å². The second kappa shape index (κ2) is 6.85. The van der Waals surface area contributed by atoms with E-state index < -0.39 is 0 Å². The van der Waals surface area contributed by atoms with Crippen LogP contribution in [-0.4, -0.2) is 10.5 Å². The number of aromatic nitrogens is 1. The first-order valence-corrected chi connectivity index (χ1v) is 8.11. The molecule has 0 saturated heterocycles. The van der Waals surface area contributed by atoms with Crippen LogP contribution in [0.25, 0.3) is 10.9 Å². The Morgan fingerprint density at radius 1 is 1.00 bits per heavy atom. The van der Waals surface area contributed by atoms with Crippen LogP contribution in [0, 0.1) is 0 Å². The quantitative estimate of drug-likeness (QED) is 0.721. The van der Waals surface area contributed by atoms with E-state index in [2.05, 4.69) is 5.32 Å². The third kappa shape index (κ3) is 3.56. The van der Waals surface area contributed by atoms with E-state index in [1.54, 1.807) is 47.2 Å². The first-order chi connectivity index (χ1) is 11.4. The van der Waals surface area contributed by atoms with E-state index in [1.807, 2.05) is 0 Å². The number of carbonyl (C=O) groups is 1. The Hall–Kier alpha value is -2.01.